The Bertz CT molecular complexity index is 724. The first-order chi connectivity index (χ1) is 9.74. The SMILES string of the molecule is Cn1nnnc1SCC(N)c1ccc2ccccc2c1. The van der Waals surface area contributed by atoms with Gasteiger partial charge in [-0.25, -0.2) is 4.68 Å². The number of tetrazole rings is 1. The minimum Gasteiger partial charge on any atom is -0.323 e. The largest absolute Gasteiger partial charge is 0.323 e. The third kappa shape index (κ3) is 2.66. The Balaban J connectivity index is 1.75. The number of nitrogens with two attached hydrogens (primary N) is 1. The van der Waals surface area contributed by atoms with E-state index in [1.54, 1.807) is 16.4 Å². The van der Waals surface area contributed by atoms with Crippen molar-refractivity contribution in [3.05, 3.63) is 48.0 Å². The fraction of sp³-hybridized carbons (Fsp3) is 0.214. The summed E-state index contributed by atoms with van der Waals surface area (Å²) in [5, 5.41) is 14.6. The lowest BCUT2D eigenvalue weighted by atomic mass is 10.0. The smallest absolute Gasteiger partial charge is 0.209 e. The van der Waals surface area contributed by atoms with Crippen LogP contribution in [-0.4, -0.2) is 26.0 Å². The molecule has 0 radical (unpaired) electrons. The van der Waals surface area contributed by atoms with Gasteiger partial charge in [0.15, 0.2) is 0 Å². The zero-order valence-corrected chi connectivity index (χ0v) is 11.9. The van der Waals surface area contributed by atoms with Crippen LogP contribution in [0.2, 0.25) is 0 Å². The van der Waals surface area contributed by atoms with Crippen LogP contribution >= 0.6 is 11.8 Å². The first-order valence-electron chi connectivity index (χ1n) is 6.33. The Kier molecular flexibility index (Phi) is 3.66. The number of thioether (sulfide) groups is 1. The van der Waals surface area contributed by atoms with Crippen molar-refractivity contribution in [2.75, 3.05) is 5.75 Å². The molecule has 20 heavy (non-hydrogen) atoms. The molecule has 0 spiro atoms. The second kappa shape index (κ2) is 5.60. The summed E-state index contributed by atoms with van der Waals surface area (Å²) in [7, 11) is 1.82. The molecule has 0 saturated carbocycles. The van der Waals surface area contributed by atoms with Gasteiger partial charge >= 0.3 is 0 Å². The molecule has 0 bridgehead atoms. The second-order valence-corrected chi connectivity index (χ2v) is 5.60. The van der Waals surface area contributed by atoms with Crippen molar-refractivity contribution in [3.63, 3.8) is 0 Å². The van der Waals surface area contributed by atoms with E-state index in [0.717, 1.165) is 16.5 Å². The van der Waals surface area contributed by atoms with Gasteiger partial charge in [-0.15, -0.1) is 5.10 Å². The van der Waals surface area contributed by atoms with Gasteiger partial charge in [0.1, 0.15) is 0 Å². The van der Waals surface area contributed by atoms with Crippen molar-refractivity contribution < 1.29 is 0 Å². The zero-order valence-electron chi connectivity index (χ0n) is 11.1. The molecule has 1 unspecified atom stereocenters. The first-order valence-corrected chi connectivity index (χ1v) is 7.32. The number of hydrogen-bond donors (Lipinski definition) is 1. The van der Waals surface area contributed by atoms with E-state index in [1.807, 2.05) is 19.2 Å². The van der Waals surface area contributed by atoms with Gasteiger partial charge < -0.3 is 5.73 Å². The summed E-state index contributed by atoms with van der Waals surface area (Å²) < 4.78 is 1.65. The number of fused-ring (bicyclic) bond motifs is 1. The van der Waals surface area contributed by atoms with E-state index in [2.05, 4.69) is 45.9 Å². The van der Waals surface area contributed by atoms with Crippen molar-refractivity contribution in [1.29, 1.82) is 0 Å². The molecule has 3 aromatic rings. The molecule has 0 saturated heterocycles. The average Bonchev–Trinajstić information content (AvgIpc) is 2.89. The van der Waals surface area contributed by atoms with Crippen molar-refractivity contribution in [2.24, 2.45) is 12.8 Å². The number of hydrogen-bond acceptors (Lipinski definition) is 5. The maximum atomic E-state index is 6.25. The fourth-order valence-electron chi connectivity index (χ4n) is 2.04. The van der Waals surface area contributed by atoms with Gasteiger partial charge in [0.2, 0.25) is 5.16 Å². The molecule has 2 N–H and O–H groups in total. The Hall–Kier alpha value is -1.92. The van der Waals surface area contributed by atoms with Crippen LogP contribution in [0, 0.1) is 0 Å². The number of nitrogens with zero attached hydrogens (tertiary/aromatic N) is 4. The topological polar surface area (TPSA) is 69.6 Å². The number of rotatable bonds is 4. The van der Waals surface area contributed by atoms with Gasteiger partial charge in [-0.3, -0.25) is 0 Å². The minimum absolute atomic E-state index is 0.0405. The van der Waals surface area contributed by atoms with Crippen molar-refractivity contribution in [3.8, 4) is 0 Å². The molecule has 102 valence electrons. The molecular formula is C14H15N5S. The third-order valence-electron chi connectivity index (χ3n) is 3.17. The van der Waals surface area contributed by atoms with E-state index in [-0.39, 0.29) is 6.04 Å². The van der Waals surface area contributed by atoms with Gasteiger partial charge in [-0.2, -0.15) is 0 Å². The Morgan fingerprint density at radius 1 is 1.20 bits per heavy atom. The standard InChI is InChI=1S/C14H15N5S/c1-19-14(16-17-18-19)20-9-13(15)12-7-6-10-4-2-3-5-11(10)8-12/h2-8,13H,9,15H2,1H3. The van der Waals surface area contributed by atoms with Crippen LogP contribution in [0.25, 0.3) is 10.8 Å². The first kappa shape index (κ1) is 13.1. The molecule has 0 aliphatic heterocycles. The summed E-state index contributed by atoms with van der Waals surface area (Å²) in [6, 6.07) is 14.6. The molecule has 6 heteroatoms. The Morgan fingerprint density at radius 3 is 2.75 bits per heavy atom. The van der Waals surface area contributed by atoms with Crippen LogP contribution < -0.4 is 5.73 Å². The van der Waals surface area contributed by atoms with Gasteiger partial charge in [0.25, 0.3) is 0 Å². The molecule has 1 heterocycles. The summed E-state index contributed by atoms with van der Waals surface area (Å²) in [4.78, 5) is 0. The molecule has 0 fully saturated rings. The normalized spacial score (nSPS) is 12.7. The van der Waals surface area contributed by atoms with E-state index in [9.17, 15) is 0 Å². The van der Waals surface area contributed by atoms with Crippen molar-refractivity contribution in [1.82, 2.24) is 20.2 Å². The molecule has 1 aromatic heterocycles. The monoisotopic (exact) mass is 285 g/mol. The highest BCUT2D eigenvalue weighted by molar-refractivity contribution is 7.99. The molecule has 2 aromatic carbocycles. The van der Waals surface area contributed by atoms with E-state index < -0.39 is 0 Å². The summed E-state index contributed by atoms with van der Waals surface area (Å²) in [5.41, 5.74) is 7.38. The van der Waals surface area contributed by atoms with Crippen LogP contribution in [0.3, 0.4) is 0 Å². The summed E-state index contributed by atoms with van der Waals surface area (Å²) in [5.74, 6) is 0.743. The van der Waals surface area contributed by atoms with Crippen LogP contribution in [0.15, 0.2) is 47.6 Å². The highest BCUT2D eigenvalue weighted by Crippen LogP contribution is 2.23. The summed E-state index contributed by atoms with van der Waals surface area (Å²) in [6.07, 6.45) is 0. The van der Waals surface area contributed by atoms with Gasteiger partial charge in [0, 0.05) is 18.8 Å². The minimum atomic E-state index is -0.0405. The van der Waals surface area contributed by atoms with Crippen LogP contribution in [0.1, 0.15) is 11.6 Å². The van der Waals surface area contributed by atoms with Gasteiger partial charge in [0.05, 0.1) is 0 Å². The Morgan fingerprint density at radius 2 is 2.00 bits per heavy atom. The zero-order chi connectivity index (χ0) is 13.9. The maximum absolute atomic E-state index is 6.25. The lowest BCUT2D eigenvalue weighted by molar-refractivity contribution is 0.663. The molecule has 0 amide bonds. The predicted octanol–water partition coefficient (Wildman–Crippen LogP) is 2.16. The van der Waals surface area contributed by atoms with E-state index >= 15 is 0 Å². The average molecular weight is 285 g/mol. The van der Waals surface area contributed by atoms with Crippen molar-refractivity contribution in [2.45, 2.75) is 11.2 Å². The fourth-order valence-corrected chi connectivity index (χ4v) is 2.88. The van der Waals surface area contributed by atoms with E-state index in [1.165, 1.54) is 10.8 Å². The highest BCUT2D eigenvalue weighted by Gasteiger charge is 2.10. The molecule has 1 atom stereocenters. The van der Waals surface area contributed by atoms with E-state index in [0.29, 0.717) is 0 Å². The second-order valence-electron chi connectivity index (χ2n) is 4.61. The molecule has 0 aliphatic carbocycles. The molecule has 0 aliphatic rings. The lowest BCUT2D eigenvalue weighted by Crippen LogP contribution is -2.13. The number of benzene rings is 2. The van der Waals surface area contributed by atoms with Gasteiger partial charge in [-0.1, -0.05) is 48.2 Å². The van der Waals surface area contributed by atoms with Crippen LogP contribution in [0.5, 0.6) is 0 Å². The molecular weight excluding hydrogens is 270 g/mol. The molecule has 5 nitrogen and oxygen atoms in total. The van der Waals surface area contributed by atoms with Crippen molar-refractivity contribution >= 4 is 22.5 Å². The number of aromatic nitrogens is 4. The highest BCUT2D eigenvalue weighted by atomic mass is 32.2. The molecule has 3 rings (SSSR count). The summed E-state index contributed by atoms with van der Waals surface area (Å²) >= 11 is 1.56. The summed E-state index contributed by atoms with van der Waals surface area (Å²) in [6.45, 7) is 0. The van der Waals surface area contributed by atoms with Crippen LogP contribution in [0.4, 0.5) is 0 Å². The maximum Gasteiger partial charge on any atom is 0.209 e. The number of aryl methyl sites for hydroxylation is 1. The van der Waals surface area contributed by atoms with E-state index in [4.69, 9.17) is 5.73 Å². The van der Waals surface area contributed by atoms with Crippen LogP contribution in [-0.2, 0) is 7.05 Å². The Labute approximate surface area is 121 Å². The predicted molar refractivity (Wildman–Crippen MR) is 80.4 cm³/mol. The van der Waals surface area contributed by atoms with Gasteiger partial charge in [-0.05, 0) is 32.8 Å². The third-order valence-corrected chi connectivity index (χ3v) is 4.30. The quantitative estimate of drug-likeness (QED) is 0.744. The lowest BCUT2D eigenvalue weighted by Gasteiger charge is -2.12.